The van der Waals surface area contributed by atoms with Gasteiger partial charge in [0, 0.05) is 12.6 Å². The third-order valence-corrected chi connectivity index (χ3v) is 2.45. The minimum atomic E-state index is -4.28. The van der Waals surface area contributed by atoms with E-state index in [0.717, 1.165) is 11.0 Å². The minimum absolute atomic E-state index is 0.0182. The van der Waals surface area contributed by atoms with E-state index in [0.29, 0.717) is 5.56 Å². The molecule has 0 radical (unpaired) electrons. The summed E-state index contributed by atoms with van der Waals surface area (Å²) >= 11 is 0. The molecule has 0 heterocycles. The summed E-state index contributed by atoms with van der Waals surface area (Å²) in [5, 5.41) is 0. The molecule has 0 saturated heterocycles. The van der Waals surface area contributed by atoms with Crippen LogP contribution < -0.4 is 0 Å². The molecule has 1 rings (SSSR count). The molecule has 116 valence electrons. The molecule has 7 heteroatoms. The fraction of sp³-hybridized carbons (Fsp3) is 0.357. The number of alkyl halides is 3. The van der Waals surface area contributed by atoms with Crippen molar-refractivity contribution < 1.29 is 27.1 Å². The van der Waals surface area contributed by atoms with Crippen molar-refractivity contribution >= 4 is 12.0 Å². The molecule has 0 fully saturated rings. The van der Waals surface area contributed by atoms with Crippen molar-refractivity contribution in [2.45, 2.75) is 6.18 Å². The molecule has 0 saturated carbocycles. The van der Waals surface area contributed by atoms with E-state index in [4.69, 9.17) is 4.74 Å². The van der Waals surface area contributed by atoms with Crippen LogP contribution in [0.4, 0.5) is 17.6 Å². The lowest BCUT2D eigenvalue weighted by atomic mass is 10.2. The predicted octanol–water partition coefficient (Wildman–Crippen LogP) is 2.88. The summed E-state index contributed by atoms with van der Waals surface area (Å²) in [4.78, 5) is 12.3. The van der Waals surface area contributed by atoms with Crippen molar-refractivity contribution in [3.63, 3.8) is 0 Å². The lowest BCUT2D eigenvalue weighted by molar-refractivity contribution is -0.146. The van der Waals surface area contributed by atoms with Crippen molar-refractivity contribution in [3.05, 3.63) is 41.7 Å². The first-order valence-electron chi connectivity index (χ1n) is 6.12. The van der Waals surface area contributed by atoms with Crippen molar-refractivity contribution in [2.75, 3.05) is 26.7 Å². The average Bonchev–Trinajstić information content (AvgIpc) is 2.36. The minimum Gasteiger partial charge on any atom is -0.461 e. The van der Waals surface area contributed by atoms with Crippen molar-refractivity contribution in [1.82, 2.24) is 4.90 Å². The van der Waals surface area contributed by atoms with Gasteiger partial charge in [-0.2, -0.15) is 13.2 Å². The molecule has 0 N–H and O–H groups in total. The van der Waals surface area contributed by atoms with Gasteiger partial charge in [-0.05, 0) is 30.8 Å². The normalized spacial score (nSPS) is 12.1. The summed E-state index contributed by atoms with van der Waals surface area (Å²) in [6.07, 6.45) is -1.71. The van der Waals surface area contributed by atoms with Crippen LogP contribution in [-0.4, -0.2) is 43.8 Å². The Balaban J connectivity index is 2.29. The van der Waals surface area contributed by atoms with Crippen LogP contribution in [-0.2, 0) is 9.53 Å². The zero-order chi connectivity index (χ0) is 15.9. The number of benzene rings is 1. The van der Waals surface area contributed by atoms with Gasteiger partial charge in [0.25, 0.3) is 0 Å². The summed E-state index contributed by atoms with van der Waals surface area (Å²) < 4.78 is 53.5. The van der Waals surface area contributed by atoms with Crippen LogP contribution in [0.15, 0.2) is 30.3 Å². The van der Waals surface area contributed by atoms with E-state index in [-0.39, 0.29) is 19.0 Å². The SMILES string of the molecule is CN(CCOC(=O)C=Cc1ccc(F)cc1)CC(F)(F)F. The van der Waals surface area contributed by atoms with Gasteiger partial charge in [-0.15, -0.1) is 0 Å². The average molecular weight is 305 g/mol. The standard InChI is InChI=1S/C14H15F4NO2/c1-19(10-14(16,17)18)8-9-21-13(20)7-4-11-2-5-12(15)6-3-11/h2-7H,8-10H2,1H3. The molecule has 0 aliphatic heterocycles. The Kier molecular flexibility index (Phi) is 6.36. The van der Waals surface area contributed by atoms with Gasteiger partial charge in [-0.1, -0.05) is 12.1 Å². The fourth-order valence-electron chi connectivity index (χ4n) is 1.47. The zero-order valence-corrected chi connectivity index (χ0v) is 11.4. The van der Waals surface area contributed by atoms with Crippen LogP contribution in [0.5, 0.6) is 0 Å². The number of rotatable bonds is 6. The molecular formula is C14H15F4NO2. The van der Waals surface area contributed by atoms with E-state index >= 15 is 0 Å². The number of ether oxygens (including phenoxy) is 1. The Bertz CT molecular complexity index is 483. The molecule has 1 aromatic rings. The van der Waals surface area contributed by atoms with Gasteiger partial charge < -0.3 is 4.74 Å². The Morgan fingerprint density at radius 1 is 1.29 bits per heavy atom. The Hall–Kier alpha value is -1.89. The molecule has 0 aliphatic rings. The number of hydrogen-bond donors (Lipinski definition) is 0. The van der Waals surface area contributed by atoms with E-state index in [2.05, 4.69) is 0 Å². The maximum absolute atomic E-state index is 12.6. The van der Waals surface area contributed by atoms with Crippen LogP contribution >= 0.6 is 0 Å². The fourth-order valence-corrected chi connectivity index (χ4v) is 1.47. The van der Waals surface area contributed by atoms with Crippen LogP contribution in [0.25, 0.3) is 6.08 Å². The molecule has 0 unspecified atom stereocenters. The van der Waals surface area contributed by atoms with Crippen LogP contribution in [0, 0.1) is 5.82 Å². The van der Waals surface area contributed by atoms with E-state index in [1.54, 1.807) is 0 Å². The molecule has 0 aliphatic carbocycles. The third kappa shape index (κ3) is 8.09. The first-order valence-corrected chi connectivity index (χ1v) is 6.12. The summed E-state index contributed by atoms with van der Waals surface area (Å²) in [7, 11) is 1.29. The predicted molar refractivity (Wildman–Crippen MR) is 69.9 cm³/mol. The van der Waals surface area contributed by atoms with Crippen molar-refractivity contribution in [1.29, 1.82) is 0 Å². The number of hydrogen-bond acceptors (Lipinski definition) is 3. The zero-order valence-electron chi connectivity index (χ0n) is 11.4. The molecule has 0 bridgehead atoms. The molecular weight excluding hydrogens is 290 g/mol. The van der Waals surface area contributed by atoms with Crippen molar-refractivity contribution in [3.8, 4) is 0 Å². The maximum atomic E-state index is 12.6. The van der Waals surface area contributed by atoms with Gasteiger partial charge in [0.1, 0.15) is 12.4 Å². The Morgan fingerprint density at radius 2 is 1.90 bits per heavy atom. The number of halogens is 4. The van der Waals surface area contributed by atoms with Crippen LogP contribution in [0.2, 0.25) is 0 Å². The lowest BCUT2D eigenvalue weighted by Crippen LogP contribution is -2.33. The molecule has 21 heavy (non-hydrogen) atoms. The first kappa shape index (κ1) is 17.2. The highest BCUT2D eigenvalue weighted by Gasteiger charge is 2.28. The third-order valence-electron chi connectivity index (χ3n) is 2.45. The number of carbonyl (C=O) groups excluding carboxylic acids is 1. The molecule has 0 spiro atoms. The highest BCUT2D eigenvalue weighted by molar-refractivity contribution is 5.87. The summed E-state index contributed by atoms with van der Waals surface area (Å²) in [5.41, 5.74) is 0.613. The highest BCUT2D eigenvalue weighted by atomic mass is 19.4. The molecule has 0 aromatic heterocycles. The number of nitrogens with zero attached hydrogens (tertiary/aromatic N) is 1. The molecule has 3 nitrogen and oxygen atoms in total. The van der Waals surface area contributed by atoms with Gasteiger partial charge in [0.15, 0.2) is 0 Å². The van der Waals surface area contributed by atoms with Crippen LogP contribution in [0.1, 0.15) is 5.56 Å². The maximum Gasteiger partial charge on any atom is 0.401 e. The second-order valence-corrected chi connectivity index (χ2v) is 4.41. The summed E-state index contributed by atoms with van der Waals surface area (Å²) in [5.74, 6) is -1.05. The number of likely N-dealkylation sites (N-methyl/N-ethyl adjacent to an activating group) is 1. The van der Waals surface area contributed by atoms with E-state index < -0.39 is 18.7 Å². The van der Waals surface area contributed by atoms with Gasteiger partial charge in [0.05, 0.1) is 6.54 Å². The molecule has 0 atom stereocenters. The lowest BCUT2D eigenvalue weighted by Gasteiger charge is -2.17. The van der Waals surface area contributed by atoms with E-state index in [1.807, 2.05) is 0 Å². The monoisotopic (exact) mass is 305 g/mol. The number of carbonyl (C=O) groups is 1. The van der Waals surface area contributed by atoms with Gasteiger partial charge in [-0.25, -0.2) is 9.18 Å². The van der Waals surface area contributed by atoms with Crippen LogP contribution in [0.3, 0.4) is 0 Å². The largest absolute Gasteiger partial charge is 0.461 e. The second-order valence-electron chi connectivity index (χ2n) is 4.41. The molecule has 1 aromatic carbocycles. The van der Waals surface area contributed by atoms with E-state index in [9.17, 15) is 22.4 Å². The van der Waals surface area contributed by atoms with Gasteiger partial charge in [-0.3, -0.25) is 4.90 Å². The first-order chi connectivity index (χ1) is 9.76. The molecule has 0 amide bonds. The summed E-state index contributed by atoms with van der Waals surface area (Å²) in [6.45, 7) is -1.22. The van der Waals surface area contributed by atoms with Gasteiger partial charge in [0.2, 0.25) is 0 Å². The topological polar surface area (TPSA) is 29.5 Å². The van der Waals surface area contributed by atoms with E-state index in [1.165, 1.54) is 37.4 Å². The quantitative estimate of drug-likeness (QED) is 0.460. The number of esters is 1. The Labute approximate surface area is 119 Å². The Morgan fingerprint density at radius 3 is 2.48 bits per heavy atom. The smallest absolute Gasteiger partial charge is 0.401 e. The van der Waals surface area contributed by atoms with Crippen molar-refractivity contribution in [2.24, 2.45) is 0 Å². The van der Waals surface area contributed by atoms with Gasteiger partial charge >= 0.3 is 12.1 Å². The highest BCUT2D eigenvalue weighted by Crippen LogP contribution is 2.15. The second kappa shape index (κ2) is 7.78. The summed E-state index contributed by atoms with van der Waals surface area (Å²) in [6, 6.07) is 5.46.